The highest BCUT2D eigenvalue weighted by molar-refractivity contribution is 7.89. The fourth-order valence-corrected chi connectivity index (χ4v) is 10.6. The number of halogens is 1. The van der Waals surface area contributed by atoms with Gasteiger partial charge in [-0.15, -0.1) is 0 Å². The molecule has 0 aliphatic heterocycles. The molecule has 0 saturated heterocycles. The standard InChI is InChI=1S/C23H29NO4S.C21H26ClNO3S/c1-18(26)21-8-10-22(11-9-21)29(27,28)24-17-23(13-2-3-14-23)16-20-6-4-19(5-7-20)12-15-25;22-19-4-3-5-20(14-19)27(25,26)23-16-21(11-1-2-12-21)15-18-8-6-17(7-9-18)10-13-24/h4-11,24-25H,2-3,12-17H2,1H3;3-9,14,23-24H,1-2,10-13,15-16H2. The molecule has 2 fully saturated rings. The van der Waals surface area contributed by atoms with Crippen LogP contribution in [0.3, 0.4) is 0 Å². The number of hydrogen-bond acceptors (Lipinski definition) is 7. The predicted molar refractivity (Wildman–Crippen MR) is 222 cm³/mol. The Labute approximate surface area is 338 Å². The SMILES string of the molecule is CC(=O)c1ccc(S(=O)(=O)NCC2(Cc3ccc(CCO)cc3)CCCC2)cc1.O=S(=O)(NCC1(Cc2ccc(CCO)cc2)CCCC1)c1cccc(Cl)c1. The highest BCUT2D eigenvalue weighted by Crippen LogP contribution is 2.42. The van der Waals surface area contributed by atoms with Crippen molar-refractivity contribution in [1.29, 1.82) is 0 Å². The predicted octanol–water partition coefficient (Wildman–Crippen LogP) is 7.46. The third kappa shape index (κ3) is 12.3. The normalized spacial score (nSPS) is 16.3. The Bertz CT molecular complexity index is 2090. The maximum atomic E-state index is 12.8. The van der Waals surface area contributed by atoms with E-state index in [4.69, 9.17) is 21.8 Å². The molecule has 56 heavy (non-hydrogen) atoms. The Hall–Kier alpha value is -3.42. The number of hydrogen-bond donors (Lipinski definition) is 4. The topological polar surface area (TPSA) is 150 Å². The molecule has 0 aromatic heterocycles. The lowest BCUT2D eigenvalue weighted by atomic mass is 9.80. The lowest BCUT2D eigenvalue weighted by Crippen LogP contribution is -2.37. The van der Waals surface area contributed by atoms with E-state index >= 15 is 0 Å². The lowest BCUT2D eigenvalue weighted by molar-refractivity contribution is 0.101. The van der Waals surface area contributed by atoms with E-state index in [1.807, 2.05) is 24.3 Å². The summed E-state index contributed by atoms with van der Waals surface area (Å²) in [5.41, 5.74) is 4.99. The summed E-state index contributed by atoms with van der Waals surface area (Å²) >= 11 is 5.94. The highest BCUT2D eigenvalue weighted by atomic mass is 35.5. The molecule has 12 heteroatoms. The first-order chi connectivity index (χ1) is 26.8. The van der Waals surface area contributed by atoms with Crippen LogP contribution in [0.5, 0.6) is 0 Å². The summed E-state index contributed by atoms with van der Waals surface area (Å²) in [6.07, 6.45) is 11.5. The zero-order chi connectivity index (χ0) is 40.2. The van der Waals surface area contributed by atoms with Crippen molar-refractivity contribution in [3.8, 4) is 0 Å². The monoisotopic (exact) mass is 822 g/mol. The smallest absolute Gasteiger partial charge is 0.240 e. The largest absolute Gasteiger partial charge is 0.396 e. The Kier molecular flexibility index (Phi) is 15.5. The van der Waals surface area contributed by atoms with Gasteiger partial charge in [-0.05, 0) is 122 Å². The van der Waals surface area contributed by atoms with Crippen LogP contribution in [-0.4, -0.2) is 59.1 Å². The van der Waals surface area contributed by atoms with Crippen LogP contribution in [0.15, 0.2) is 107 Å². The molecule has 4 N–H and O–H groups in total. The van der Waals surface area contributed by atoms with E-state index in [-0.39, 0.29) is 39.6 Å². The minimum Gasteiger partial charge on any atom is -0.396 e. The van der Waals surface area contributed by atoms with Crippen LogP contribution in [0.1, 0.15) is 90.9 Å². The van der Waals surface area contributed by atoms with Crippen molar-refractivity contribution < 1.29 is 31.8 Å². The number of aliphatic hydroxyl groups is 2. The number of Topliss-reactive ketones (excluding diaryl/α,β-unsaturated/α-hetero) is 1. The number of rotatable bonds is 17. The number of sulfonamides is 2. The third-order valence-corrected chi connectivity index (χ3v) is 14.3. The third-order valence-electron chi connectivity index (χ3n) is 11.3. The van der Waals surface area contributed by atoms with Gasteiger partial charge >= 0.3 is 0 Å². The molecule has 2 saturated carbocycles. The van der Waals surface area contributed by atoms with E-state index in [1.165, 1.54) is 36.2 Å². The van der Waals surface area contributed by atoms with Crippen molar-refractivity contribution in [2.45, 2.75) is 93.8 Å². The van der Waals surface area contributed by atoms with Gasteiger partial charge in [-0.1, -0.05) is 104 Å². The lowest BCUT2D eigenvalue weighted by Gasteiger charge is -2.29. The van der Waals surface area contributed by atoms with Gasteiger partial charge in [0.25, 0.3) is 0 Å². The second kappa shape index (κ2) is 19.8. The van der Waals surface area contributed by atoms with Crippen LogP contribution in [0.2, 0.25) is 5.02 Å². The van der Waals surface area contributed by atoms with Crippen molar-refractivity contribution in [2.75, 3.05) is 26.3 Å². The van der Waals surface area contributed by atoms with Crippen LogP contribution in [0.4, 0.5) is 0 Å². The first-order valence-corrected chi connectivity index (χ1v) is 22.8. The fraction of sp³-hybridized carbons (Fsp3) is 0.432. The van der Waals surface area contributed by atoms with E-state index < -0.39 is 20.0 Å². The molecule has 2 aliphatic rings. The van der Waals surface area contributed by atoms with Crippen LogP contribution in [0.25, 0.3) is 0 Å². The Morgan fingerprint density at radius 2 is 1.02 bits per heavy atom. The minimum atomic E-state index is -3.62. The summed E-state index contributed by atoms with van der Waals surface area (Å²) in [4.78, 5) is 11.8. The van der Waals surface area contributed by atoms with Gasteiger partial charge in [0, 0.05) is 36.9 Å². The van der Waals surface area contributed by atoms with Crippen LogP contribution in [-0.2, 0) is 45.7 Å². The van der Waals surface area contributed by atoms with E-state index in [0.717, 1.165) is 75.3 Å². The zero-order valence-electron chi connectivity index (χ0n) is 32.2. The van der Waals surface area contributed by atoms with Gasteiger partial charge in [0.05, 0.1) is 9.79 Å². The van der Waals surface area contributed by atoms with Gasteiger partial charge in [-0.3, -0.25) is 4.79 Å². The molecule has 0 radical (unpaired) electrons. The van der Waals surface area contributed by atoms with Crippen molar-refractivity contribution in [1.82, 2.24) is 9.44 Å². The number of benzene rings is 4. The molecule has 0 amide bonds. The van der Waals surface area contributed by atoms with Crippen molar-refractivity contribution in [2.24, 2.45) is 10.8 Å². The Morgan fingerprint density at radius 3 is 1.41 bits per heavy atom. The molecule has 0 heterocycles. The summed E-state index contributed by atoms with van der Waals surface area (Å²) < 4.78 is 56.5. The molecule has 2 aliphatic carbocycles. The molecular weight excluding hydrogens is 768 g/mol. The molecule has 4 aromatic rings. The fourth-order valence-electron chi connectivity index (χ4n) is 8.02. The molecule has 0 bridgehead atoms. The number of ketones is 1. The number of carbonyl (C=O) groups is 1. The quantitative estimate of drug-likeness (QED) is 0.0808. The second-order valence-electron chi connectivity index (χ2n) is 15.5. The molecule has 0 unspecified atom stereocenters. The van der Waals surface area contributed by atoms with E-state index in [1.54, 1.807) is 30.3 Å². The number of nitrogens with one attached hydrogen (secondary N) is 2. The highest BCUT2D eigenvalue weighted by Gasteiger charge is 2.36. The van der Waals surface area contributed by atoms with Gasteiger partial charge in [-0.2, -0.15) is 0 Å². The summed E-state index contributed by atoms with van der Waals surface area (Å²) in [5, 5.41) is 18.5. The molecule has 0 spiro atoms. The van der Waals surface area contributed by atoms with Gasteiger partial charge in [-0.25, -0.2) is 26.3 Å². The van der Waals surface area contributed by atoms with Crippen LogP contribution in [0, 0.1) is 10.8 Å². The summed E-state index contributed by atoms with van der Waals surface area (Å²) in [5.74, 6) is -0.0863. The minimum absolute atomic E-state index is 0.0514. The van der Waals surface area contributed by atoms with Gasteiger partial charge < -0.3 is 10.2 Å². The number of aliphatic hydroxyl groups excluding tert-OH is 2. The molecule has 4 aromatic carbocycles. The van der Waals surface area contributed by atoms with E-state index in [0.29, 0.717) is 36.5 Å². The van der Waals surface area contributed by atoms with Gasteiger partial charge in [0.15, 0.2) is 5.78 Å². The molecule has 302 valence electrons. The first-order valence-electron chi connectivity index (χ1n) is 19.5. The molecular formula is C44H55ClN2O7S2. The summed E-state index contributed by atoms with van der Waals surface area (Å²) in [6, 6.07) is 29.0. The van der Waals surface area contributed by atoms with Crippen LogP contribution >= 0.6 is 11.6 Å². The molecule has 6 rings (SSSR count). The summed E-state index contributed by atoms with van der Waals surface area (Å²) in [7, 11) is -7.20. The zero-order valence-corrected chi connectivity index (χ0v) is 34.6. The molecule has 0 atom stereocenters. The summed E-state index contributed by atoms with van der Waals surface area (Å²) in [6.45, 7) is 2.58. The van der Waals surface area contributed by atoms with E-state index in [9.17, 15) is 21.6 Å². The Balaban J connectivity index is 0.000000215. The Morgan fingerprint density at radius 1 is 0.607 bits per heavy atom. The van der Waals surface area contributed by atoms with Crippen molar-refractivity contribution in [3.63, 3.8) is 0 Å². The van der Waals surface area contributed by atoms with Gasteiger partial charge in [0.1, 0.15) is 0 Å². The van der Waals surface area contributed by atoms with Crippen molar-refractivity contribution >= 4 is 37.4 Å². The first kappa shape index (κ1) is 43.7. The molecule has 9 nitrogen and oxygen atoms in total. The van der Waals surface area contributed by atoms with Gasteiger partial charge in [0.2, 0.25) is 20.0 Å². The van der Waals surface area contributed by atoms with E-state index in [2.05, 4.69) is 33.7 Å². The maximum absolute atomic E-state index is 12.8. The average molecular weight is 824 g/mol. The van der Waals surface area contributed by atoms with Crippen molar-refractivity contribution in [3.05, 3.63) is 130 Å². The second-order valence-corrected chi connectivity index (χ2v) is 19.5. The van der Waals surface area contributed by atoms with Crippen LogP contribution < -0.4 is 9.44 Å². The number of carbonyl (C=O) groups excluding carboxylic acids is 1. The maximum Gasteiger partial charge on any atom is 0.240 e. The average Bonchev–Trinajstić information content (AvgIpc) is 3.86.